The van der Waals surface area contributed by atoms with Gasteiger partial charge in [0.05, 0.1) is 0 Å². The van der Waals surface area contributed by atoms with Crippen LogP contribution in [0.15, 0.2) is 60.7 Å². The summed E-state index contributed by atoms with van der Waals surface area (Å²) in [5.74, 6) is -1.54. The van der Waals surface area contributed by atoms with Crippen molar-refractivity contribution in [3.63, 3.8) is 0 Å². The van der Waals surface area contributed by atoms with E-state index in [4.69, 9.17) is 16.3 Å². The number of alkyl halides is 1. The van der Waals surface area contributed by atoms with Crippen LogP contribution in [0.5, 0.6) is 0 Å². The Bertz CT molecular complexity index is 583. The second kappa shape index (κ2) is 6.55. The third-order valence-corrected chi connectivity index (χ3v) is 3.63. The van der Waals surface area contributed by atoms with Gasteiger partial charge in [0.2, 0.25) is 0 Å². The molecule has 0 unspecified atom stereocenters. The van der Waals surface area contributed by atoms with Gasteiger partial charge in [0.1, 0.15) is 0 Å². The molecule has 2 aromatic carbocycles. The largest absolute Gasteiger partial charge is 0.391 e. The highest BCUT2D eigenvalue weighted by Crippen LogP contribution is 2.38. The molecule has 21 heavy (non-hydrogen) atoms. The number of carbonyl (C=O) groups is 2. The summed E-state index contributed by atoms with van der Waals surface area (Å²) in [5.41, 5.74) is 1.08. The van der Waals surface area contributed by atoms with E-state index in [1.165, 1.54) is 0 Å². The lowest BCUT2D eigenvalue weighted by Gasteiger charge is -2.25. The molecule has 2 aromatic rings. The number of rotatable bonds is 4. The molecular formula is C17H14ClO3. The molecule has 0 spiro atoms. The van der Waals surface area contributed by atoms with Crippen LogP contribution in [0.1, 0.15) is 17.5 Å². The fraction of sp³-hybridized carbons (Fsp3) is 0.118. The van der Waals surface area contributed by atoms with Crippen molar-refractivity contribution in [2.45, 2.75) is 11.3 Å². The molecule has 0 aromatic heterocycles. The smallest absolute Gasteiger partial charge is 0.344 e. The minimum absolute atomic E-state index is 0.137. The number of esters is 2. The highest BCUT2D eigenvalue weighted by molar-refractivity contribution is 6.36. The Morgan fingerprint density at radius 3 is 1.76 bits per heavy atom. The van der Waals surface area contributed by atoms with Gasteiger partial charge in [0.25, 0.3) is 0 Å². The van der Waals surface area contributed by atoms with Gasteiger partial charge in [-0.3, -0.25) is 4.79 Å². The Balaban J connectivity index is 2.50. The van der Waals surface area contributed by atoms with E-state index in [1.807, 2.05) is 12.1 Å². The van der Waals surface area contributed by atoms with Crippen molar-refractivity contribution in [3.8, 4) is 0 Å². The first-order valence-corrected chi connectivity index (χ1v) is 6.81. The van der Waals surface area contributed by atoms with E-state index < -0.39 is 16.8 Å². The van der Waals surface area contributed by atoms with Crippen molar-refractivity contribution in [1.29, 1.82) is 0 Å². The quantitative estimate of drug-likeness (QED) is 0.493. The van der Waals surface area contributed by atoms with E-state index in [0.717, 1.165) is 0 Å². The molecule has 0 saturated carbocycles. The van der Waals surface area contributed by atoms with Crippen LogP contribution in [-0.4, -0.2) is 11.9 Å². The van der Waals surface area contributed by atoms with Gasteiger partial charge in [-0.1, -0.05) is 72.3 Å². The minimum Gasteiger partial charge on any atom is -0.391 e. The van der Waals surface area contributed by atoms with Crippen molar-refractivity contribution in [2.75, 3.05) is 0 Å². The van der Waals surface area contributed by atoms with E-state index in [2.05, 4.69) is 6.92 Å². The van der Waals surface area contributed by atoms with Crippen LogP contribution < -0.4 is 0 Å². The van der Waals surface area contributed by atoms with E-state index in [9.17, 15) is 9.59 Å². The fourth-order valence-corrected chi connectivity index (χ4v) is 2.25. The van der Waals surface area contributed by atoms with Gasteiger partial charge in [-0.25, -0.2) is 4.79 Å². The summed E-state index contributed by atoms with van der Waals surface area (Å²) in [6.07, 6.45) is -0.137. The Labute approximate surface area is 128 Å². The van der Waals surface area contributed by atoms with Gasteiger partial charge in [-0.15, -0.1) is 0 Å². The van der Waals surface area contributed by atoms with Crippen LogP contribution in [0.3, 0.4) is 0 Å². The molecule has 0 aliphatic carbocycles. The van der Waals surface area contributed by atoms with E-state index >= 15 is 0 Å². The molecule has 107 valence electrons. The van der Waals surface area contributed by atoms with Crippen LogP contribution in [0.25, 0.3) is 0 Å². The van der Waals surface area contributed by atoms with Crippen molar-refractivity contribution in [1.82, 2.24) is 0 Å². The van der Waals surface area contributed by atoms with E-state index in [-0.39, 0.29) is 6.42 Å². The molecular weight excluding hydrogens is 288 g/mol. The number of hydrogen-bond acceptors (Lipinski definition) is 3. The zero-order chi connectivity index (χ0) is 15.3. The minimum atomic E-state index is -1.56. The molecule has 0 aliphatic rings. The summed E-state index contributed by atoms with van der Waals surface area (Å²) in [4.78, 5) is 22.2. The Hall–Kier alpha value is -2.13. The zero-order valence-electron chi connectivity index (χ0n) is 11.3. The monoisotopic (exact) mass is 301 g/mol. The molecule has 0 atom stereocenters. The highest BCUT2D eigenvalue weighted by atomic mass is 35.5. The summed E-state index contributed by atoms with van der Waals surface area (Å²) in [6.45, 7) is 3.40. The Kier molecular flexibility index (Phi) is 4.76. The van der Waals surface area contributed by atoms with Crippen LogP contribution >= 0.6 is 11.6 Å². The number of halogens is 1. The van der Waals surface area contributed by atoms with Gasteiger partial charge in [0.15, 0.2) is 4.87 Å². The number of ether oxygens (including phenoxy) is 1. The number of carbonyl (C=O) groups excluding carboxylic acids is 2. The van der Waals surface area contributed by atoms with Crippen molar-refractivity contribution in [2.24, 2.45) is 0 Å². The predicted octanol–water partition coefficient (Wildman–Crippen LogP) is 3.46. The molecule has 0 fully saturated rings. The van der Waals surface area contributed by atoms with Crippen molar-refractivity contribution in [3.05, 3.63) is 78.7 Å². The standard InChI is InChI=1S/C17H14ClO3/c1-2-15(19)21-16(20)17(18,13-9-5-3-6-10-13)14-11-7-4-8-12-14/h3-12H,1-2H2. The van der Waals surface area contributed by atoms with Crippen LogP contribution in [0, 0.1) is 6.92 Å². The first kappa shape index (κ1) is 15.3. The van der Waals surface area contributed by atoms with Crippen LogP contribution in [0.2, 0.25) is 0 Å². The highest BCUT2D eigenvalue weighted by Gasteiger charge is 2.42. The second-order valence-corrected chi connectivity index (χ2v) is 4.97. The fourth-order valence-electron chi connectivity index (χ4n) is 1.96. The molecule has 0 saturated heterocycles. The Morgan fingerprint density at radius 1 is 0.952 bits per heavy atom. The van der Waals surface area contributed by atoms with Crippen LogP contribution in [0.4, 0.5) is 0 Å². The first-order valence-electron chi connectivity index (χ1n) is 6.43. The summed E-state index contributed by atoms with van der Waals surface area (Å²) < 4.78 is 4.80. The maximum absolute atomic E-state index is 12.4. The average molecular weight is 302 g/mol. The molecule has 4 heteroatoms. The molecule has 0 N–H and O–H groups in total. The van der Waals surface area contributed by atoms with Gasteiger partial charge in [-0.05, 0) is 18.1 Å². The molecule has 1 radical (unpaired) electrons. The lowest BCUT2D eigenvalue weighted by molar-refractivity contribution is -0.160. The van der Waals surface area contributed by atoms with Gasteiger partial charge in [0, 0.05) is 6.42 Å². The summed E-state index contributed by atoms with van der Waals surface area (Å²) >= 11 is 6.59. The van der Waals surface area contributed by atoms with Gasteiger partial charge >= 0.3 is 11.9 Å². The third-order valence-electron chi connectivity index (χ3n) is 3.04. The maximum atomic E-state index is 12.4. The lowest BCUT2D eigenvalue weighted by atomic mass is 9.90. The van der Waals surface area contributed by atoms with Crippen LogP contribution in [-0.2, 0) is 19.2 Å². The lowest BCUT2D eigenvalue weighted by Crippen LogP contribution is -2.34. The average Bonchev–Trinajstić information content (AvgIpc) is 2.55. The molecule has 0 aliphatic heterocycles. The van der Waals surface area contributed by atoms with Crippen molar-refractivity contribution < 1.29 is 14.3 Å². The molecule has 0 bridgehead atoms. The molecule has 0 amide bonds. The molecule has 2 rings (SSSR count). The van der Waals surface area contributed by atoms with Gasteiger partial charge < -0.3 is 4.74 Å². The van der Waals surface area contributed by atoms with Gasteiger partial charge in [-0.2, -0.15) is 0 Å². The normalized spacial score (nSPS) is 11.0. The Morgan fingerprint density at radius 2 is 1.38 bits per heavy atom. The number of benzene rings is 2. The SMILES string of the molecule is [CH2]CC(=O)OC(=O)C(Cl)(c1ccccc1)c1ccccc1. The summed E-state index contributed by atoms with van der Waals surface area (Å²) in [7, 11) is 0. The summed E-state index contributed by atoms with van der Waals surface area (Å²) in [5, 5.41) is 0. The topological polar surface area (TPSA) is 43.4 Å². The maximum Gasteiger partial charge on any atom is 0.344 e. The summed E-state index contributed by atoms with van der Waals surface area (Å²) in [6, 6.07) is 17.6. The molecule has 0 heterocycles. The predicted molar refractivity (Wildman–Crippen MR) is 80.6 cm³/mol. The number of hydrogen-bond donors (Lipinski definition) is 0. The first-order chi connectivity index (χ1) is 10.1. The zero-order valence-corrected chi connectivity index (χ0v) is 12.0. The van der Waals surface area contributed by atoms with E-state index in [0.29, 0.717) is 11.1 Å². The molecule has 3 nitrogen and oxygen atoms in total. The second-order valence-electron chi connectivity index (χ2n) is 4.40. The van der Waals surface area contributed by atoms with E-state index in [1.54, 1.807) is 48.5 Å². The van der Waals surface area contributed by atoms with Crippen molar-refractivity contribution >= 4 is 23.5 Å². The third kappa shape index (κ3) is 3.14.